The predicted molar refractivity (Wildman–Crippen MR) is 138 cm³/mol. The standard InChI is InChI=1S/C29H29NO7/c1-34-21-10-6-19(7-11-21)26-25(27(31)20-8-12-22(35-2)13-9-20)28(32)29(33)30(26)16-15-18-5-14-23(36-3)24(17-18)37-4/h5-14,17,26,31H,15-16H2,1-4H3/b27-25-. The molecule has 1 aliphatic rings. The number of nitrogens with zero attached hydrogens (tertiary/aromatic N) is 1. The largest absolute Gasteiger partial charge is 0.507 e. The van der Waals surface area contributed by atoms with Gasteiger partial charge in [0.1, 0.15) is 17.3 Å². The van der Waals surface area contributed by atoms with Crippen molar-refractivity contribution >= 4 is 17.4 Å². The van der Waals surface area contributed by atoms with Crippen molar-refractivity contribution < 1.29 is 33.6 Å². The molecule has 8 heteroatoms. The third-order valence-corrected chi connectivity index (χ3v) is 6.42. The van der Waals surface area contributed by atoms with Crippen molar-refractivity contribution in [1.82, 2.24) is 4.90 Å². The van der Waals surface area contributed by atoms with E-state index in [0.29, 0.717) is 40.5 Å². The van der Waals surface area contributed by atoms with Crippen molar-refractivity contribution in [2.45, 2.75) is 12.5 Å². The summed E-state index contributed by atoms with van der Waals surface area (Å²) in [6.45, 7) is 0.246. The predicted octanol–water partition coefficient (Wildman–Crippen LogP) is 4.39. The Labute approximate surface area is 215 Å². The molecule has 0 aliphatic carbocycles. The van der Waals surface area contributed by atoms with Gasteiger partial charge in [-0.2, -0.15) is 0 Å². The summed E-state index contributed by atoms with van der Waals surface area (Å²) in [5.41, 5.74) is 2.04. The van der Waals surface area contributed by atoms with Gasteiger partial charge in [0.05, 0.1) is 40.1 Å². The molecule has 1 atom stereocenters. The fourth-order valence-corrected chi connectivity index (χ4v) is 4.43. The quantitative estimate of drug-likeness (QED) is 0.263. The minimum atomic E-state index is -0.770. The Morgan fingerprint density at radius 3 is 1.95 bits per heavy atom. The van der Waals surface area contributed by atoms with Crippen LogP contribution in [0.4, 0.5) is 0 Å². The molecule has 1 aliphatic heterocycles. The van der Waals surface area contributed by atoms with Gasteiger partial charge in [-0.05, 0) is 66.1 Å². The van der Waals surface area contributed by atoms with Crippen molar-refractivity contribution in [2.75, 3.05) is 35.0 Å². The summed E-state index contributed by atoms with van der Waals surface area (Å²) in [5, 5.41) is 11.2. The number of likely N-dealkylation sites (tertiary alicyclic amines) is 1. The average molecular weight is 504 g/mol. The number of rotatable bonds is 9. The second-order valence-corrected chi connectivity index (χ2v) is 8.43. The van der Waals surface area contributed by atoms with Gasteiger partial charge < -0.3 is 29.0 Å². The lowest BCUT2D eigenvalue weighted by molar-refractivity contribution is -0.139. The van der Waals surface area contributed by atoms with Gasteiger partial charge in [-0.25, -0.2) is 0 Å². The van der Waals surface area contributed by atoms with Crippen molar-refractivity contribution in [3.8, 4) is 23.0 Å². The molecule has 1 saturated heterocycles. The first kappa shape index (κ1) is 25.6. The normalized spacial score (nSPS) is 16.5. The van der Waals surface area contributed by atoms with Crippen LogP contribution in [0.1, 0.15) is 22.7 Å². The number of ketones is 1. The van der Waals surface area contributed by atoms with Crippen LogP contribution >= 0.6 is 0 Å². The lowest BCUT2D eigenvalue weighted by Crippen LogP contribution is -2.31. The minimum absolute atomic E-state index is 0.0349. The van der Waals surface area contributed by atoms with E-state index in [1.165, 1.54) is 4.90 Å². The topological polar surface area (TPSA) is 94.5 Å². The van der Waals surface area contributed by atoms with E-state index in [-0.39, 0.29) is 17.9 Å². The number of aliphatic hydroxyl groups is 1. The zero-order chi connectivity index (χ0) is 26.5. The van der Waals surface area contributed by atoms with Crippen LogP contribution in [0.15, 0.2) is 72.3 Å². The third-order valence-electron chi connectivity index (χ3n) is 6.42. The van der Waals surface area contributed by atoms with E-state index < -0.39 is 17.7 Å². The second kappa shape index (κ2) is 11.1. The number of amides is 1. The number of aliphatic hydroxyl groups excluding tert-OH is 1. The highest BCUT2D eigenvalue weighted by molar-refractivity contribution is 6.46. The van der Waals surface area contributed by atoms with Crippen LogP contribution in [0.5, 0.6) is 23.0 Å². The highest BCUT2D eigenvalue weighted by atomic mass is 16.5. The molecule has 1 heterocycles. The van der Waals surface area contributed by atoms with Gasteiger partial charge in [0.15, 0.2) is 11.5 Å². The van der Waals surface area contributed by atoms with Gasteiger partial charge in [0, 0.05) is 12.1 Å². The Morgan fingerprint density at radius 1 is 0.784 bits per heavy atom. The molecule has 0 bridgehead atoms. The first-order valence-corrected chi connectivity index (χ1v) is 11.7. The Balaban J connectivity index is 1.73. The monoisotopic (exact) mass is 503 g/mol. The number of carbonyl (C=O) groups excluding carboxylic acids is 2. The molecule has 0 radical (unpaired) electrons. The maximum absolute atomic E-state index is 13.3. The summed E-state index contributed by atoms with van der Waals surface area (Å²) >= 11 is 0. The molecule has 1 N–H and O–H groups in total. The highest BCUT2D eigenvalue weighted by Crippen LogP contribution is 2.40. The molecule has 0 aromatic heterocycles. The third kappa shape index (κ3) is 5.09. The lowest BCUT2D eigenvalue weighted by atomic mass is 9.95. The van der Waals surface area contributed by atoms with Crippen molar-refractivity contribution in [3.63, 3.8) is 0 Å². The number of methoxy groups -OCH3 is 4. The molecule has 1 amide bonds. The maximum Gasteiger partial charge on any atom is 0.295 e. The molecule has 4 rings (SSSR count). The number of benzene rings is 3. The minimum Gasteiger partial charge on any atom is -0.507 e. The number of hydrogen-bond acceptors (Lipinski definition) is 7. The van der Waals surface area contributed by atoms with Crippen LogP contribution in [-0.2, 0) is 16.0 Å². The smallest absolute Gasteiger partial charge is 0.295 e. The first-order valence-electron chi connectivity index (χ1n) is 11.7. The zero-order valence-electron chi connectivity index (χ0n) is 21.2. The Bertz CT molecular complexity index is 1310. The van der Waals surface area contributed by atoms with Gasteiger partial charge in [-0.3, -0.25) is 9.59 Å². The lowest BCUT2D eigenvalue weighted by Gasteiger charge is -2.25. The molecule has 0 saturated carbocycles. The first-order chi connectivity index (χ1) is 17.9. The molecule has 1 unspecified atom stereocenters. The van der Waals surface area contributed by atoms with E-state index in [4.69, 9.17) is 18.9 Å². The molecule has 3 aromatic rings. The van der Waals surface area contributed by atoms with Crippen molar-refractivity contribution in [1.29, 1.82) is 0 Å². The number of ether oxygens (including phenoxy) is 4. The number of Topliss-reactive ketones (excluding diaryl/α,β-unsaturated/α-hetero) is 1. The summed E-state index contributed by atoms with van der Waals surface area (Å²) in [6, 6.07) is 18.5. The van der Waals surface area contributed by atoms with E-state index in [0.717, 1.165) is 5.56 Å². The van der Waals surface area contributed by atoms with Crippen LogP contribution in [0.25, 0.3) is 5.76 Å². The molecule has 0 spiro atoms. The summed E-state index contributed by atoms with van der Waals surface area (Å²) in [5.74, 6) is 0.783. The van der Waals surface area contributed by atoms with Gasteiger partial charge in [-0.15, -0.1) is 0 Å². The van der Waals surface area contributed by atoms with Gasteiger partial charge in [0.25, 0.3) is 11.7 Å². The number of hydrogen-bond donors (Lipinski definition) is 1. The summed E-state index contributed by atoms with van der Waals surface area (Å²) in [4.78, 5) is 28.0. The molecule has 192 valence electrons. The van der Waals surface area contributed by atoms with E-state index in [2.05, 4.69) is 0 Å². The van der Waals surface area contributed by atoms with E-state index in [1.54, 1.807) is 83.0 Å². The second-order valence-electron chi connectivity index (χ2n) is 8.43. The van der Waals surface area contributed by atoms with Gasteiger partial charge >= 0.3 is 0 Å². The Kier molecular flexibility index (Phi) is 7.67. The summed E-state index contributed by atoms with van der Waals surface area (Å²) in [7, 11) is 6.23. The molecule has 1 fully saturated rings. The van der Waals surface area contributed by atoms with Crippen LogP contribution in [0, 0.1) is 0 Å². The molecular weight excluding hydrogens is 474 g/mol. The zero-order valence-corrected chi connectivity index (χ0v) is 21.2. The summed E-state index contributed by atoms with van der Waals surface area (Å²) in [6.07, 6.45) is 0.461. The number of carbonyl (C=O) groups is 2. The molecule has 37 heavy (non-hydrogen) atoms. The summed E-state index contributed by atoms with van der Waals surface area (Å²) < 4.78 is 21.2. The van der Waals surface area contributed by atoms with Gasteiger partial charge in [-0.1, -0.05) is 18.2 Å². The molecule has 3 aromatic carbocycles. The fourth-order valence-electron chi connectivity index (χ4n) is 4.43. The average Bonchev–Trinajstić information content (AvgIpc) is 3.20. The van der Waals surface area contributed by atoms with E-state index in [9.17, 15) is 14.7 Å². The van der Waals surface area contributed by atoms with Crippen LogP contribution in [0.2, 0.25) is 0 Å². The van der Waals surface area contributed by atoms with Crippen LogP contribution in [-0.4, -0.2) is 56.7 Å². The SMILES string of the molecule is COc1ccc(/C(O)=C2/C(=O)C(=O)N(CCc3ccc(OC)c(OC)c3)C2c2ccc(OC)cc2)cc1. The fraction of sp³-hybridized carbons (Fsp3) is 0.241. The van der Waals surface area contributed by atoms with Crippen LogP contribution < -0.4 is 18.9 Å². The van der Waals surface area contributed by atoms with Gasteiger partial charge in [0.2, 0.25) is 0 Å². The van der Waals surface area contributed by atoms with E-state index in [1.807, 2.05) is 12.1 Å². The molecule has 8 nitrogen and oxygen atoms in total. The Morgan fingerprint density at radius 2 is 1.38 bits per heavy atom. The van der Waals surface area contributed by atoms with Crippen molar-refractivity contribution in [3.05, 3.63) is 89.0 Å². The highest BCUT2D eigenvalue weighted by Gasteiger charge is 2.45. The molecular formula is C29H29NO7. The van der Waals surface area contributed by atoms with Crippen molar-refractivity contribution in [2.24, 2.45) is 0 Å². The van der Waals surface area contributed by atoms with Crippen LogP contribution in [0.3, 0.4) is 0 Å². The van der Waals surface area contributed by atoms with E-state index >= 15 is 0 Å². The Hall–Kier alpha value is -4.46. The maximum atomic E-state index is 13.3.